The first kappa shape index (κ1) is 15.1. The molecule has 19 heavy (non-hydrogen) atoms. The molecule has 0 aliphatic carbocycles. The van der Waals surface area contributed by atoms with Crippen LogP contribution in [0.3, 0.4) is 0 Å². The maximum Gasteiger partial charge on any atom is 0.182 e. The summed E-state index contributed by atoms with van der Waals surface area (Å²) in [4.78, 5) is 24.8. The third kappa shape index (κ3) is 4.33. The van der Waals surface area contributed by atoms with E-state index in [1.807, 2.05) is 0 Å². The lowest BCUT2D eigenvalue weighted by atomic mass is 10.3. The van der Waals surface area contributed by atoms with Crippen molar-refractivity contribution >= 4 is 69.2 Å². The lowest BCUT2D eigenvalue weighted by Gasteiger charge is -1.98. The third-order valence-electron chi connectivity index (χ3n) is 2.16. The van der Waals surface area contributed by atoms with Gasteiger partial charge in [-0.15, -0.1) is 34.4 Å². The van der Waals surface area contributed by atoms with E-state index in [4.69, 9.17) is 23.2 Å². The average Bonchev–Trinajstić information content (AvgIpc) is 2.98. The van der Waals surface area contributed by atoms with E-state index in [9.17, 15) is 9.59 Å². The molecule has 0 saturated heterocycles. The van der Waals surface area contributed by atoms with Crippen molar-refractivity contribution in [2.75, 3.05) is 11.5 Å². The molecule has 0 N–H and O–H groups in total. The van der Waals surface area contributed by atoms with Crippen molar-refractivity contribution in [2.24, 2.45) is 0 Å². The van der Waals surface area contributed by atoms with Gasteiger partial charge in [0, 0.05) is 0 Å². The maximum atomic E-state index is 11.8. The highest BCUT2D eigenvalue weighted by atomic mass is 35.5. The molecule has 2 aromatic heterocycles. The predicted molar refractivity (Wildman–Crippen MR) is 84.6 cm³/mol. The van der Waals surface area contributed by atoms with Crippen LogP contribution >= 0.6 is 57.6 Å². The molecule has 7 heteroatoms. The van der Waals surface area contributed by atoms with Crippen LogP contribution in [0, 0.1) is 0 Å². The highest BCUT2D eigenvalue weighted by Crippen LogP contribution is 2.24. The summed E-state index contributed by atoms with van der Waals surface area (Å²) < 4.78 is 1.19. The quantitative estimate of drug-likeness (QED) is 0.693. The van der Waals surface area contributed by atoms with Crippen LogP contribution in [0.2, 0.25) is 8.67 Å². The van der Waals surface area contributed by atoms with Crippen molar-refractivity contribution < 1.29 is 9.59 Å². The van der Waals surface area contributed by atoms with E-state index < -0.39 is 0 Å². The second-order valence-electron chi connectivity index (χ2n) is 3.55. The number of ketones is 2. The number of halogens is 2. The number of hydrogen-bond acceptors (Lipinski definition) is 5. The number of thioether (sulfide) groups is 1. The maximum absolute atomic E-state index is 11.8. The molecule has 2 aromatic rings. The lowest BCUT2D eigenvalue weighted by molar-refractivity contribution is 0.102. The van der Waals surface area contributed by atoms with E-state index in [-0.39, 0.29) is 23.1 Å². The van der Waals surface area contributed by atoms with Gasteiger partial charge in [0.1, 0.15) is 0 Å². The molecule has 2 nitrogen and oxygen atoms in total. The molecule has 0 saturated carbocycles. The van der Waals surface area contributed by atoms with E-state index in [0.29, 0.717) is 18.4 Å². The van der Waals surface area contributed by atoms with E-state index in [2.05, 4.69) is 0 Å². The first-order chi connectivity index (χ1) is 9.06. The Labute approximate surface area is 132 Å². The summed E-state index contributed by atoms with van der Waals surface area (Å²) in [7, 11) is 0. The summed E-state index contributed by atoms with van der Waals surface area (Å²) in [5.74, 6) is 0.557. The number of rotatable bonds is 6. The zero-order chi connectivity index (χ0) is 13.8. The molecule has 0 bridgehead atoms. The first-order valence-corrected chi connectivity index (χ1v) is 8.75. The largest absolute Gasteiger partial charge is 0.292 e. The van der Waals surface area contributed by atoms with Gasteiger partial charge in [-0.2, -0.15) is 0 Å². The molecule has 0 aliphatic rings. The van der Waals surface area contributed by atoms with Crippen molar-refractivity contribution in [2.45, 2.75) is 0 Å². The van der Waals surface area contributed by atoms with Crippen LogP contribution < -0.4 is 0 Å². The zero-order valence-electron chi connectivity index (χ0n) is 9.52. The lowest BCUT2D eigenvalue weighted by Crippen LogP contribution is -2.05. The summed E-state index contributed by atoms with van der Waals surface area (Å²) in [6.07, 6.45) is 0. The normalized spacial score (nSPS) is 10.6. The zero-order valence-corrected chi connectivity index (χ0v) is 13.5. The van der Waals surface area contributed by atoms with Crippen molar-refractivity contribution in [3.05, 3.63) is 42.7 Å². The van der Waals surface area contributed by atoms with Gasteiger partial charge in [0.05, 0.1) is 29.9 Å². The summed E-state index contributed by atoms with van der Waals surface area (Å²) in [5.41, 5.74) is 0. The van der Waals surface area contributed by atoms with Crippen LogP contribution in [0.25, 0.3) is 0 Å². The molecular weight excluding hydrogens is 343 g/mol. The SMILES string of the molecule is O=C(CSCC(=O)c1ccc(Cl)s1)c1ccc(Cl)s1. The molecule has 0 aromatic carbocycles. The highest BCUT2D eigenvalue weighted by Gasteiger charge is 2.12. The molecular formula is C12H8Cl2O2S3. The molecule has 0 aliphatic heterocycles. The van der Waals surface area contributed by atoms with E-state index in [1.165, 1.54) is 34.4 Å². The van der Waals surface area contributed by atoms with Crippen molar-refractivity contribution in [1.29, 1.82) is 0 Å². The molecule has 0 spiro atoms. The van der Waals surface area contributed by atoms with Crippen molar-refractivity contribution in [3.8, 4) is 0 Å². The number of Topliss-reactive ketones (excluding diaryl/α,β-unsaturated/α-hetero) is 2. The third-order valence-corrected chi connectivity index (χ3v) is 5.64. The summed E-state index contributed by atoms with van der Waals surface area (Å²) in [6.45, 7) is 0. The topological polar surface area (TPSA) is 34.1 Å². The van der Waals surface area contributed by atoms with Crippen LogP contribution in [0.5, 0.6) is 0 Å². The van der Waals surface area contributed by atoms with E-state index in [0.717, 1.165) is 0 Å². The second-order valence-corrected chi connectivity index (χ2v) is 7.96. The fourth-order valence-corrected chi connectivity index (χ4v) is 4.23. The van der Waals surface area contributed by atoms with Gasteiger partial charge in [0.2, 0.25) is 0 Å². The van der Waals surface area contributed by atoms with Crippen LogP contribution in [-0.4, -0.2) is 23.1 Å². The Hall–Kier alpha value is -0.330. The van der Waals surface area contributed by atoms with Gasteiger partial charge >= 0.3 is 0 Å². The summed E-state index contributed by atoms with van der Waals surface area (Å²) in [6, 6.07) is 6.80. The molecule has 100 valence electrons. The van der Waals surface area contributed by atoms with Gasteiger partial charge in [-0.3, -0.25) is 9.59 Å². The average molecular weight is 351 g/mol. The number of carbonyl (C=O) groups excluding carboxylic acids is 2. The number of thiophene rings is 2. The Balaban J connectivity index is 1.80. The van der Waals surface area contributed by atoms with Gasteiger partial charge in [-0.25, -0.2) is 0 Å². The molecule has 2 rings (SSSR count). The van der Waals surface area contributed by atoms with Crippen LogP contribution in [-0.2, 0) is 0 Å². The van der Waals surface area contributed by atoms with Crippen LogP contribution in [0.15, 0.2) is 24.3 Å². The Morgan fingerprint density at radius 3 is 1.63 bits per heavy atom. The first-order valence-electron chi connectivity index (χ1n) is 5.21. The minimum absolute atomic E-state index is 0.00101. The number of hydrogen-bond donors (Lipinski definition) is 0. The van der Waals surface area contributed by atoms with E-state index in [1.54, 1.807) is 24.3 Å². The van der Waals surface area contributed by atoms with E-state index >= 15 is 0 Å². The smallest absolute Gasteiger partial charge is 0.182 e. The Kier molecular flexibility index (Phi) is 5.47. The molecule has 2 heterocycles. The standard InChI is InChI=1S/C12H8Cl2O2S3/c13-11-3-1-9(18-11)7(15)5-17-6-8(16)10-2-4-12(14)19-10/h1-4H,5-6H2. The molecule has 0 radical (unpaired) electrons. The molecule has 0 unspecified atom stereocenters. The number of carbonyl (C=O) groups is 2. The predicted octanol–water partition coefficient (Wildman–Crippen LogP) is 4.92. The van der Waals surface area contributed by atoms with Crippen LogP contribution in [0.1, 0.15) is 19.3 Å². The fraction of sp³-hybridized carbons (Fsp3) is 0.167. The minimum Gasteiger partial charge on any atom is -0.292 e. The monoisotopic (exact) mass is 350 g/mol. The summed E-state index contributed by atoms with van der Waals surface area (Å²) in [5, 5.41) is 0. The van der Waals surface area contributed by atoms with Gasteiger partial charge < -0.3 is 0 Å². The van der Waals surface area contributed by atoms with Gasteiger partial charge in [-0.1, -0.05) is 23.2 Å². The Morgan fingerprint density at radius 1 is 0.895 bits per heavy atom. The van der Waals surface area contributed by atoms with Crippen molar-refractivity contribution in [1.82, 2.24) is 0 Å². The Bertz CT molecular complexity index is 551. The Morgan fingerprint density at radius 2 is 1.32 bits per heavy atom. The summed E-state index contributed by atoms with van der Waals surface area (Å²) >= 11 is 15.4. The van der Waals surface area contributed by atoms with Gasteiger partial charge in [0.15, 0.2) is 11.6 Å². The van der Waals surface area contributed by atoms with Gasteiger partial charge in [0.25, 0.3) is 0 Å². The second kappa shape index (κ2) is 6.90. The van der Waals surface area contributed by atoms with Crippen molar-refractivity contribution in [3.63, 3.8) is 0 Å². The molecule has 0 amide bonds. The minimum atomic E-state index is -0.00101. The van der Waals surface area contributed by atoms with Crippen LogP contribution in [0.4, 0.5) is 0 Å². The van der Waals surface area contributed by atoms with Gasteiger partial charge in [-0.05, 0) is 24.3 Å². The molecule has 0 fully saturated rings. The highest BCUT2D eigenvalue weighted by molar-refractivity contribution is 8.00. The molecule has 0 atom stereocenters. The fourth-order valence-electron chi connectivity index (χ4n) is 1.31.